The number of carbonyl (C=O) groups excluding carboxylic acids is 2. The Kier molecular flexibility index (Phi) is 8.72. The zero-order chi connectivity index (χ0) is 26.9. The van der Waals surface area contributed by atoms with Crippen molar-refractivity contribution >= 4 is 41.0 Å². The number of hydrogen-bond donors (Lipinski definition) is 0. The third-order valence-electron chi connectivity index (χ3n) is 5.75. The SMILES string of the molecule is C=CC/N=C1/O/C(=C/c2ccc(N(c3ccccc3)c3ccccc3)cc2)C(=O)N1CCOC(=O)C(C)C. The lowest BCUT2D eigenvalue weighted by Gasteiger charge is -2.25. The number of carbonyl (C=O) groups is 2. The summed E-state index contributed by atoms with van der Waals surface area (Å²) in [4.78, 5) is 32.8. The molecule has 0 unspecified atom stereocenters. The van der Waals surface area contributed by atoms with Crippen molar-refractivity contribution in [3.8, 4) is 0 Å². The molecule has 1 aliphatic heterocycles. The number of hydrogen-bond acceptors (Lipinski definition) is 6. The first kappa shape index (κ1) is 26.4. The Balaban J connectivity index is 1.55. The van der Waals surface area contributed by atoms with Crippen LogP contribution in [0.2, 0.25) is 0 Å². The van der Waals surface area contributed by atoms with Gasteiger partial charge in [-0.3, -0.25) is 14.5 Å². The van der Waals surface area contributed by atoms with Gasteiger partial charge in [-0.2, -0.15) is 0 Å². The number of para-hydroxylation sites is 2. The maximum Gasteiger partial charge on any atom is 0.308 e. The van der Waals surface area contributed by atoms with E-state index in [-0.39, 0.29) is 42.7 Å². The molecule has 3 aromatic carbocycles. The Morgan fingerprint density at radius 3 is 2.11 bits per heavy atom. The predicted molar refractivity (Wildman–Crippen MR) is 150 cm³/mol. The molecule has 7 nitrogen and oxygen atoms in total. The average Bonchev–Trinajstić information content (AvgIpc) is 3.23. The van der Waals surface area contributed by atoms with Crippen LogP contribution in [0.15, 0.2) is 108 Å². The highest BCUT2D eigenvalue weighted by atomic mass is 16.5. The second-order valence-electron chi connectivity index (χ2n) is 8.90. The van der Waals surface area contributed by atoms with Crippen molar-refractivity contribution in [2.45, 2.75) is 13.8 Å². The number of benzene rings is 3. The number of aliphatic imine (C=N–C) groups is 1. The first-order chi connectivity index (χ1) is 18.5. The highest BCUT2D eigenvalue weighted by Crippen LogP contribution is 2.34. The van der Waals surface area contributed by atoms with E-state index in [9.17, 15) is 9.59 Å². The fourth-order valence-electron chi connectivity index (χ4n) is 3.84. The van der Waals surface area contributed by atoms with Gasteiger partial charge in [0.2, 0.25) is 0 Å². The number of anilines is 3. The molecule has 1 amide bonds. The summed E-state index contributed by atoms with van der Waals surface area (Å²) in [5, 5.41) is 0. The molecule has 0 saturated carbocycles. The second-order valence-corrected chi connectivity index (χ2v) is 8.90. The van der Waals surface area contributed by atoms with Crippen LogP contribution in [-0.2, 0) is 19.1 Å². The predicted octanol–water partition coefficient (Wildman–Crippen LogP) is 6.10. The van der Waals surface area contributed by atoms with Gasteiger partial charge in [0.15, 0.2) is 5.76 Å². The standard InChI is InChI=1S/C31H31N3O4/c1-4-19-32-31-33(20-21-37-30(36)23(2)3)29(35)28(38-31)22-24-15-17-27(18-16-24)34(25-11-7-5-8-12-25)26-13-9-6-10-14-26/h4-18,22-23H,1,19-21H2,2-3H3/b28-22+,32-31+. The molecular weight excluding hydrogens is 478 g/mol. The van der Waals surface area contributed by atoms with E-state index < -0.39 is 0 Å². The summed E-state index contributed by atoms with van der Waals surface area (Å²) in [5.41, 5.74) is 3.85. The molecule has 38 heavy (non-hydrogen) atoms. The molecule has 0 radical (unpaired) electrons. The molecule has 1 fully saturated rings. The van der Waals surface area contributed by atoms with Crippen LogP contribution in [0.3, 0.4) is 0 Å². The Hall–Kier alpha value is -4.65. The minimum Gasteiger partial charge on any atom is -0.464 e. The average molecular weight is 510 g/mol. The van der Waals surface area contributed by atoms with E-state index in [4.69, 9.17) is 9.47 Å². The van der Waals surface area contributed by atoms with Crippen LogP contribution in [0.4, 0.5) is 17.1 Å². The van der Waals surface area contributed by atoms with Crippen LogP contribution < -0.4 is 4.90 Å². The summed E-state index contributed by atoms with van der Waals surface area (Å²) in [6, 6.07) is 28.3. The summed E-state index contributed by atoms with van der Waals surface area (Å²) in [6.07, 6.45) is 3.30. The highest BCUT2D eigenvalue weighted by molar-refractivity contribution is 6.11. The molecule has 0 spiro atoms. The van der Waals surface area contributed by atoms with Crippen LogP contribution in [0, 0.1) is 5.92 Å². The van der Waals surface area contributed by atoms with Crippen LogP contribution in [0.5, 0.6) is 0 Å². The quantitative estimate of drug-likeness (QED) is 0.188. The van der Waals surface area contributed by atoms with Crippen LogP contribution in [-0.4, -0.2) is 42.5 Å². The lowest BCUT2D eigenvalue weighted by atomic mass is 10.1. The third kappa shape index (κ3) is 6.37. The molecule has 0 atom stereocenters. The van der Waals surface area contributed by atoms with Gasteiger partial charge in [-0.15, -0.1) is 6.58 Å². The number of esters is 1. The summed E-state index contributed by atoms with van der Waals surface area (Å²) < 4.78 is 11.0. The molecule has 0 bridgehead atoms. The van der Waals surface area contributed by atoms with E-state index in [0.29, 0.717) is 6.54 Å². The fraction of sp³-hybridized carbons (Fsp3) is 0.194. The Bertz CT molecular complexity index is 1280. The number of amides is 1. The molecule has 0 aliphatic carbocycles. The van der Waals surface area contributed by atoms with Gasteiger partial charge in [-0.1, -0.05) is 68.5 Å². The Morgan fingerprint density at radius 1 is 0.974 bits per heavy atom. The van der Waals surface area contributed by atoms with Crippen molar-refractivity contribution in [1.82, 2.24) is 4.90 Å². The molecule has 194 valence electrons. The van der Waals surface area contributed by atoms with Crippen LogP contribution >= 0.6 is 0 Å². The van der Waals surface area contributed by atoms with E-state index in [1.165, 1.54) is 4.90 Å². The molecule has 4 rings (SSSR count). The van der Waals surface area contributed by atoms with E-state index in [0.717, 1.165) is 22.6 Å². The monoisotopic (exact) mass is 509 g/mol. The minimum atomic E-state index is -0.340. The topological polar surface area (TPSA) is 71.4 Å². The number of nitrogens with zero attached hydrogens (tertiary/aromatic N) is 3. The van der Waals surface area contributed by atoms with Gasteiger partial charge in [-0.25, -0.2) is 4.99 Å². The minimum absolute atomic E-state index is 0.0516. The maximum absolute atomic E-state index is 13.1. The zero-order valence-corrected chi connectivity index (χ0v) is 21.6. The normalized spacial score (nSPS) is 15.1. The molecule has 0 N–H and O–H groups in total. The van der Waals surface area contributed by atoms with Gasteiger partial charge in [0, 0.05) is 17.1 Å². The van der Waals surface area contributed by atoms with Crippen molar-refractivity contribution in [3.05, 3.63) is 109 Å². The van der Waals surface area contributed by atoms with Crippen molar-refractivity contribution < 1.29 is 19.1 Å². The van der Waals surface area contributed by atoms with Crippen molar-refractivity contribution in [2.75, 3.05) is 24.6 Å². The second kappa shape index (κ2) is 12.5. The fourth-order valence-corrected chi connectivity index (χ4v) is 3.84. The Morgan fingerprint density at radius 2 is 1.55 bits per heavy atom. The number of amidine groups is 1. The molecule has 3 aromatic rings. The summed E-state index contributed by atoms with van der Waals surface area (Å²) in [7, 11) is 0. The van der Waals surface area contributed by atoms with Crippen LogP contribution in [0.25, 0.3) is 6.08 Å². The first-order valence-electron chi connectivity index (χ1n) is 12.5. The van der Waals surface area contributed by atoms with Gasteiger partial charge in [0.25, 0.3) is 5.91 Å². The van der Waals surface area contributed by atoms with Gasteiger partial charge in [-0.05, 0) is 48.0 Å². The molecular formula is C31H31N3O4. The Labute approximate surface area is 223 Å². The van der Waals surface area contributed by atoms with Crippen LogP contribution in [0.1, 0.15) is 19.4 Å². The van der Waals surface area contributed by atoms with Crippen molar-refractivity contribution in [2.24, 2.45) is 10.9 Å². The molecule has 1 saturated heterocycles. The molecule has 0 aromatic heterocycles. The maximum atomic E-state index is 13.1. The summed E-state index contributed by atoms with van der Waals surface area (Å²) in [6.45, 7) is 7.68. The third-order valence-corrected chi connectivity index (χ3v) is 5.75. The van der Waals surface area contributed by atoms with Gasteiger partial charge >= 0.3 is 12.0 Å². The van der Waals surface area contributed by atoms with Gasteiger partial charge in [0.1, 0.15) is 6.61 Å². The van der Waals surface area contributed by atoms with Gasteiger partial charge < -0.3 is 14.4 Å². The van der Waals surface area contributed by atoms with Crippen molar-refractivity contribution in [3.63, 3.8) is 0 Å². The van der Waals surface area contributed by atoms with E-state index >= 15 is 0 Å². The van der Waals surface area contributed by atoms with E-state index in [2.05, 4.69) is 40.7 Å². The molecule has 1 aliphatic rings. The molecule has 7 heteroatoms. The number of ether oxygens (including phenoxy) is 2. The lowest BCUT2D eigenvalue weighted by Crippen LogP contribution is -2.34. The molecule has 1 heterocycles. The first-order valence-corrected chi connectivity index (χ1v) is 12.5. The summed E-state index contributed by atoms with van der Waals surface area (Å²) in [5.74, 6) is -0.753. The summed E-state index contributed by atoms with van der Waals surface area (Å²) >= 11 is 0. The zero-order valence-electron chi connectivity index (χ0n) is 21.6. The lowest BCUT2D eigenvalue weighted by molar-refractivity contribution is -0.148. The van der Waals surface area contributed by atoms with Crippen molar-refractivity contribution in [1.29, 1.82) is 0 Å². The number of rotatable bonds is 10. The smallest absolute Gasteiger partial charge is 0.308 e. The van der Waals surface area contributed by atoms with E-state index in [1.807, 2.05) is 60.7 Å². The van der Waals surface area contributed by atoms with E-state index in [1.54, 1.807) is 26.0 Å². The highest BCUT2D eigenvalue weighted by Gasteiger charge is 2.34. The van der Waals surface area contributed by atoms with Gasteiger partial charge in [0.05, 0.1) is 19.0 Å². The largest absolute Gasteiger partial charge is 0.464 e.